The number of aromatic hydroxyl groups is 1. The fraction of sp³-hybridized carbons (Fsp3) is 0.423. The second kappa shape index (κ2) is 9.70. The van der Waals surface area contributed by atoms with Crippen LogP contribution in [0.2, 0.25) is 0 Å². The molecule has 2 bridgehead atoms. The molecule has 0 radical (unpaired) electrons. The van der Waals surface area contributed by atoms with Gasteiger partial charge in [-0.25, -0.2) is 4.79 Å². The number of rotatable bonds is 9. The Bertz CT molecular complexity index is 1040. The first-order valence-corrected chi connectivity index (χ1v) is 13.5. The van der Waals surface area contributed by atoms with Gasteiger partial charge in [-0.15, -0.1) is 22.7 Å². The van der Waals surface area contributed by atoms with Crippen molar-refractivity contribution in [2.24, 2.45) is 5.92 Å². The molecule has 2 aromatic heterocycles. The summed E-state index contributed by atoms with van der Waals surface area (Å²) in [6.07, 6.45) is 2.79. The summed E-state index contributed by atoms with van der Waals surface area (Å²) in [5, 5.41) is 24.7. The number of phenols is 1. The maximum absolute atomic E-state index is 13.4. The highest BCUT2D eigenvalue weighted by Gasteiger charge is 2.51. The van der Waals surface area contributed by atoms with Crippen LogP contribution in [0.4, 0.5) is 0 Å². The lowest BCUT2D eigenvalue weighted by atomic mass is 9.83. The van der Waals surface area contributed by atoms with Gasteiger partial charge in [-0.1, -0.05) is 12.1 Å². The number of carbonyl (C=O) groups excluding carboxylic acids is 1. The number of fused-ring (bicyclic) bond motifs is 3. The number of carbonyl (C=O) groups is 1. The Morgan fingerprint density at radius 2 is 1.68 bits per heavy atom. The number of ether oxygens (including phenoxy) is 2. The van der Waals surface area contributed by atoms with Gasteiger partial charge in [-0.2, -0.15) is 0 Å². The van der Waals surface area contributed by atoms with Gasteiger partial charge in [0.1, 0.15) is 18.0 Å². The summed E-state index contributed by atoms with van der Waals surface area (Å²) in [5.74, 6) is 0.772. The van der Waals surface area contributed by atoms with Gasteiger partial charge in [0.05, 0.1) is 36.0 Å². The highest BCUT2D eigenvalue weighted by Crippen LogP contribution is 2.40. The van der Waals surface area contributed by atoms with E-state index in [4.69, 9.17) is 9.47 Å². The van der Waals surface area contributed by atoms with Crippen LogP contribution in [0.1, 0.15) is 29.0 Å². The topological polar surface area (TPSA) is 76.0 Å². The normalized spacial score (nSPS) is 24.1. The molecule has 3 aliphatic rings. The van der Waals surface area contributed by atoms with Gasteiger partial charge in [-0.05, 0) is 47.2 Å². The lowest BCUT2D eigenvalue weighted by molar-refractivity contribution is -0.946. The van der Waals surface area contributed by atoms with Crippen molar-refractivity contribution in [1.29, 1.82) is 0 Å². The third-order valence-electron chi connectivity index (χ3n) is 7.23. The number of piperidine rings is 3. The molecule has 0 saturated carbocycles. The maximum atomic E-state index is 13.4. The fourth-order valence-electron chi connectivity index (χ4n) is 5.32. The third kappa shape index (κ3) is 4.60. The summed E-state index contributed by atoms with van der Waals surface area (Å²) in [6.45, 7) is 4.56. The molecule has 5 heterocycles. The van der Waals surface area contributed by atoms with E-state index in [1.165, 1.54) is 22.7 Å². The van der Waals surface area contributed by atoms with E-state index in [1.54, 1.807) is 36.4 Å². The van der Waals surface area contributed by atoms with E-state index >= 15 is 0 Å². The first-order chi connectivity index (χ1) is 16.5. The summed E-state index contributed by atoms with van der Waals surface area (Å²) < 4.78 is 12.9. The number of benzene rings is 1. The van der Waals surface area contributed by atoms with Crippen LogP contribution in [0.15, 0.2) is 59.3 Å². The smallest absolute Gasteiger partial charge is 0.349 e. The van der Waals surface area contributed by atoms with Crippen molar-refractivity contribution in [3.63, 3.8) is 0 Å². The molecule has 1 aromatic carbocycles. The molecule has 3 saturated heterocycles. The number of hydrogen-bond donors (Lipinski definition) is 2. The van der Waals surface area contributed by atoms with Crippen LogP contribution in [0, 0.1) is 5.92 Å². The molecule has 0 aliphatic carbocycles. The monoisotopic (exact) mass is 500 g/mol. The molecule has 3 aromatic rings. The van der Waals surface area contributed by atoms with Crippen LogP contribution >= 0.6 is 22.7 Å². The standard InChI is InChI=1S/C26H29NO5S2/c28-20-6-8-21(9-7-20)31-15-3-12-27-13-10-19(11-14-27)22(18-27)32-25(29)26(30,23-4-1-16-33-23)24-5-2-17-34-24/h1-2,4-9,16-17,19,22,30H,3,10-15,18H2/p+1/t19?,22-,27?/m0/s1. The average Bonchev–Trinajstić information content (AvgIpc) is 3.58. The van der Waals surface area contributed by atoms with Crippen LogP contribution in [-0.4, -0.2) is 59.6 Å². The summed E-state index contributed by atoms with van der Waals surface area (Å²) in [5.41, 5.74) is -1.75. The van der Waals surface area contributed by atoms with Gasteiger partial charge in [0, 0.05) is 25.2 Å². The van der Waals surface area contributed by atoms with Crippen molar-refractivity contribution in [2.45, 2.75) is 31.0 Å². The molecule has 0 amide bonds. The highest BCUT2D eigenvalue weighted by atomic mass is 32.1. The highest BCUT2D eigenvalue weighted by molar-refractivity contribution is 7.12. The van der Waals surface area contributed by atoms with Crippen LogP contribution < -0.4 is 4.74 Å². The SMILES string of the molecule is O=C(O[C@H]1C[N+]2(CCCOc3ccc(O)cc3)CCC1CC2)C(O)(c1cccs1)c1cccs1. The molecule has 1 atom stereocenters. The zero-order chi connectivity index (χ0) is 23.6. The number of aliphatic hydroxyl groups is 1. The Kier molecular flexibility index (Phi) is 6.66. The minimum atomic E-state index is -1.75. The lowest BCUT2D eigenvalue weighted by Crippen LogP contribution is -2.65. The zero-order valence-corrected chi connectivity index (χ0v) is 20.6. The predicted octanol–water partition coefficient (Wildman–Crippen LogP) is 4.37. The van der Waals surface area contributed by atoms with Crippen molar-refractivity contribution < 1.29 is 29.0 Å². The van der Waals surface area contributed by atoms with Gasteiger partial charge in [0.25, 0.3) is 0 Å². The van der Waals surface area contributed by atoms with E-state index in [-0.39, 0.29) is 11.9 Å². The molecule has 8 heteroatoms. The molecule has 6 rings (SSSR count). The summed E-state index contributed by atoms with van der Waals surface area (Å²) in [7, 11) is 0. The summed E-state index contributed by atoms with van der Waals surface area (Å²) in [4.78, 5) is 14.6. The average molecular weight is 501 g/mol. The summed E-state index contributed by atoms with van der Waals surface area (Å²) in [6, 6.07) is 14.1. The van der Waals surface area contributed by atoms with E-state index in [0.29, 0.717) is 22.3 Å². The molecule has 3 fully saturated rings. The van der Waals surface area contributed by atoms with Gasteiger partial charge < -0.3 is 24.2 Å². The number of esters is 1. The van der Waals surface area contributed by atoms with Crippen molar-refractivity contribution in [1.82, 2.24) is 0 Å². The van der Waals surface area contributed by atoms with Crippen LogP contribution in [0.5, 0.6) is 11.5 Å². The maximum Gasteiger partial charge on any atom is 0.349 e. The molecular formula is C26H30NO5S2+. The lowest BCUT2D eigenvalue weighted by Gasteiger charge is -2.52. The van der Waals surface area contributed by atoms with Gasteiger partial charge in [0.2, 0.25) is 5.60 Å². The van der Waals surface area contributed by atoms with Crippen molar-refractivity contribution >= 4 is 28.6 Å². The van der Waals surface area contributed by atoms with Crippen LogP contribution in [0.3, 0.4) is 0 Å². The van der Waals surface area contributed by atoms with E-state index < -0.39 is 11.6 Å². The number of thiophene rings is 2. The Labute approximate surface area is 207 Å². The Morgan fingerprint density at radius 3 is 2.26 bits per heavy atom. The second-order valence-corrected chi connectivity index (χ2v) is 11.2. The van der Waals surface area contributed by atoms with E-state index in [2.05, 4.69) is 0 Å². The molecule has 180 valence electrons. The van der Waals surface area contributed by atoms with E-state index in [9.17, 15) is 15.0 Å². The largest absolute Gasteiger partial charge is 0.508 e. The predicted molar refractivity (Wildman–Crippen MR) is 132 cm³/mol. The zero-order valence-electron chi connectivity index (χ0n) is 19.0. The number of quaternary nitrogens is 1. The van der Waals surface area contributed by atoms with Crippen molar-refractivity contribution in [3.05, 3.63) is 69.0 Å². The van der Waals surface area contributed by atoms with Gasteiger partial charge in [-0.3, -0.25) is 0 Å². The Balaban J connectivity index is 1.22. The Morgan fingerprint density at radius 1 is 1.03 bits per heavy atom. The fourth-order valence-corrected chi connectivity index (χ4v) is 7.03. The quantitative estimate of drug-likeness (QED) is 0.259. The molecular weight excluding hydrogens is 470 g/mol. The Hall–Kier alpha value is -2.39. The molecule has 0 spiro atoms. The van der Waals surface area contributed by atoms with Gasteiger partial charge >= 0.3 is 5.97 Å². The minimum Gasteiger partial charge on any atom is -0.508 e. The molecule has 2 N–H and O–H groups in total. The van der Waals surface area contributed by atoms with Crippen molar-refractivity contribution in [2.75, 3.05) is 32.8 Å². The molecule has 3 aliphatic heterocycles. The minimum absolute atomic E-state index is 0.181. The first-order valence-electron chi connectivity index (χ1n) is 11.8. The van der Waals surface area contributed by atoms with Crippen LogP contribution in [0.25, 0.3) is 0 Å². The molecule has 0 unspecified atom stereocenters. The molecule has 6 nitrogen and oxygen atoms in total. The number of phenolic OH excluding ortho intramolecular Hbond substituents is 1. The molecule has 34 heavy (non-hydrogen) atoms. The summed E-state index contributed by atoms with van der Waals surface area (Å²) >= 11 is 2.74. The third-order valence-corrected chi connectivity index (χ3v) is 9.19. The van der Waals surface area contributed by atoms with E-state index in [1.807, 2.05) is 22.9 Å². The van der Waals surface area contributed by atoms with Crippen LogP contribution in [-0.2, 0) is 15.1 Å². The number of hydrogen-bond acceptors (Lipinski definition) is 7. The van der Waals surface area contributed by atoms with Crippen molar-refractivity contribution in [3.8, 4) is 11.5 Å². The van der Waals surface area contributed by atoms with E-state index in [0.717, 1.165) is 55.7 Å². The number of nitrogens with zero attached hydrogens (tertiary/aromatic N) is 1. The van der Waals surface area contributed by atoms with Gasteiger partial charge in [0.15, 0.2) is 6.10 Å². The first kappa shape index (κ1) is 23.4. The second-order valence-electron chi connectivity index (χ2n) is 9.34.